The van der Waals surface area contributed by atoms with Crippen molar-refractivity contribution in [2.45, 2.75) is 38.6 Å². The lowest BCUT2D eigenvalue weighted by atomic mass is 9.57. The van der Waals surface area contributed by atoms with Gasteiger partial charge in [-0.15, -0.1) is 0 Å². The molecule has 2 heterocycles. The van der Waals surface area contributed by atoms with Gasteiger partial charge in [0.05, 0.1) is 18.2 Å². The van der Waals surface area contributed by atoms with E-state index in [1.54, 1.807) is 7.05 Å². The minimum atomic E-state index is -4.49. The Labute approximate surface area is 166 Å². The van der Waals surface area contributed by atoms with Gasteiger partial charge >= 0.3 is 6.18 Å². The summed E-state index contributed by atoms with van der Waals surface area (Å²) in [6.45, 7) is 5.69. The van der Waals surface area contributed by atoms with Crippen molar-refractivity contribution >= 4 is 17.6 Å². The topological polar surface area (TPSA) is 67.8 Å². The van der Waals surface area contributed by atoms with E-state index >= 15 is 0 Å². The molecule has 6 nitrogen and oxygen atoms in total. The Morgan fingerprint density at radius 2 is 2.21 bits per heavy atom. The van der Waals surface area contributed by atoms with Gasteiger partial charge in [0, 0.05) is 37.2 Å². The number of aromatic nitrogens is 1. The fraction of sp³-hybridized carbons (Fsp3) is 0.667. The molecule has 1 aromatic heterocycles. The second kappa shape index (κ2) is 7.94. The van der Waals surface area contributed by atoms with Gasteiger partial charge in [0.2, 0.25) is 5.88 Å². The predicted octanol–water partition coefficient (Wildman–Crippen LogP) is 3.11. The van der Waals surface area contributed by atoms with Crippen LogP contribution in [0.4, 0.5) is 13.2 Å². The number of halogens is 4. The van der Waals surface area contributed by atoms with E-state index in [9.17, 15) is 13.2 Å². The van der Waals surface area contributed by atoms with E-state index < -0.39 is 11.7 Å². The van der Waals surface area contributed by atoms with Crippen LogP contribution in [0.2, 0.25) is 5.02 Å². The SMILES string of the molecule is CN=C(NCCOc1ncc(C(F)(F)F)cc1Cl)NC1C2CCOC2C1(C)C. The van der Waals surface area contributed by atoms with Gasteiger partial charge in [0.25, 0.3) is 0 Å². The molecule has 0 spiro atoms. The van der Waals surface area contributed by atoms with Crippen LogP contribution < -0.4 is 15.4 Å². The number of hydrogen-bond donors (Lipinski definition) is 2. The van der Waals surface area contributed by atoms with Crippen molar-refractivity contribution < 1.29 is 22.6 Å². The number of ether oxygens (including phenoxy) is 2. The van der Waals surface area contributed by atoms with Crippen molar-refractivity contribution in [1.82, 2.24) is 15.6 Å². The average molecular weight is 421 g/mol. The number of guanidine groups is 1. The fourth-order valence-electron chi connectivity index (χ4n) is 3.96. The first kappa shape index (κ1) is 21.0. The summed E-state index contributed by atoms with van der Waals surface area (Å²) in [6, 6.07) is 1.06. The van der Waals surface area contributed by atoms with Crippen LogP contribution in [0.5, 0.6) is 5.88 Å². The van der Waals surface area contributed by atoms with Crippen LogP contribution in [0.3, 0.4) is 0 Å². The summed E-state index contributed by atoms with van der Waals surface area (Å²) in [5.41, 5.74) is -0.891. The molecule has 3 unspecified atom stereocenters. The molecule has 1 saturated carbocycles. The van der Waals surface area contributed by atoms with Crippen LogP contribution in [0.15, 0.2) is 17.3 Å². The highest BCUT2D eigenvalue weighted by Gasteiger charge is 2.59. The lowest BCUT2D eigenvalue weighted by Gasteiger charge is -2.54. The summed E-state index contributed by atoms with van der Waals surface area (Å²) >= 11 is 5.83. The lowest BCUT2D eigenvalue weighted by Crippen LogP contribution is -2.68. The average Bonchev–Trinajstić information content (AvgIpc) is 3.08. The minimum absolute atomic E-state index is 0.0208. The Balaban J connectivity index is 1.47. The highest BCUT2D eigenvalue weighted by molar-refractivity contribution is 6.31. The molecule has 0 radical (unpaired) electrons. The van der Waals surface area contributed by atoms with Crippen molar-refractivity contribution in [2.24, 2.45) is 16.3 Å². The van der Waals surface area contributed by atoms with Gasteiger partial charge in [-0.3, -0.25) is 4.99 Å². The summed E-state index contributed by atoms with van der Waals surface area (Å²) < 4.78 is 49.1. The van der Waals surface area contributed by atoms with Crippen LogP contribution in [0.25, 0.3) is 0 Å². The van der Waals surface area contributed by atoms with Crippen molar-refractivity contribution in [3.8, 4) is 5.88 Å². The van der Waals surface area contributed by atoms with Gasteiger partial charge in [0.1, 0.15) is 11.6 Å². The first-order valence-corrected chi connectivity index (χ1v) is 9.46. The number of nitrogens with zero attached hydrogens (tertiary/aromatic N) is 2. The smallest absolute Gasteiger partial charge is 0.417 e. The zero-order chi connectivity index (χ0) is 20.5. The van der Waals surface area contributed by atoms with Crippen LogP contribution in [0, 0.1) is 11.3 Å². The predicted molar refractivity (Wildman–Crippen MR) is 99.7 cm³/mol. The summed E-state index contributed by atoms with van der Waals surface area (Å²) in [6.07, 6.45) is -2.48. The van der Waals surface area contributed by atoms with Crippen molar-refractivity contribution in [2.75, 3.05) is 26.8 Å². The molecule has 2 fully saturated rings. The van der Waals surface area contributed by atoms with E-state index in [-0.39, 0.29) is 35.1 Å². The Bertz CT molecular complexity index is 742. The van der Waals surface area contributed by atoms with Gasteiger partial charge in [-0.2, -0.15) is 13.2 Å². The maximum Gasteiger partial charge on any atom is 0.417 e. The Morgan fingerprint density at radius 3 is 2.86 bits per heavy atom. The second-order valence-electron chi connectivity index (χ2n) is 7.54. The van der Waals surface area contributed by atoms with Crippen LogP contribution >= 0.6 is 11.6 Å². The van der Waals surface area contributed by atoms with Gasteiger partial charge in [-0.1, -0.05) is 25.4 Å². The molecule has 1 aliphatic heterocycles. The number of rotatable bonds is 5. The third kappa shape index (κ3) is 4.15. The third-order valence-corrected chi connectivity index (χ3v) is 5.66. The number of pyridine rings is 1. The first-order chi connectivity index (χ1) is 13.1. The maximum atomic E-state index is 12.6. The largest absolute Gasteiger partial charge is 0.475 e. The molecule has 10 heteroatoms. The van der Waals surface area contributed by atoms with Crippen LogP contribution in [-0.4, -0.2) is 49.9 Å². The molecule has 28 heavy (non-hydrogen) atoms. The van der Waals surface area contributed by atoms with Gasteiger partial charge in [-0.05, 0) is 12.5 Å². The van der Waals surface area contributed by atoms with Gasteiger partial charge in [-0.25, -0.2) is 4.98 Å². The zero-order valence-corrected chi connectivity index (χ0v) is 16.7. The standard InChI is InChI=1S/C18H24ClF3N4O2/c1-17(2)13(11-4-6-27-14(11)17)26-16(23-3)24-5-7-28-15-12(19)8-10(9-25-15)18(20,21)22/h8-9,11,13-14H,4-7H2,1-3H3,(H2,23,24,26). The van der Waals surface area contributed by atoms with E-state index in [0.717, 1.165) is 19.1 Å². The minimum Gasteiger partial charge on any atom is -0.475 e. The molecule has 1 aliphatic carbocycles. The van der Waals surface area contributed by atoms with Crippen molar-refractivity contribution in [3.63, 3.8) is 0 Å². The second-order valence-corrected chi connectivity index (χ2v) is 7.95. The number of fused-ring (bicyclic) bond motifs is 1. The molecule has 0 aromatic carbocycles. The van der Waals surface area contributed by atoms with Crippen molar-refractivity contribution in [1.29, 1.82) is 0 Å². The lowest BCUT2D eigenvalue weighted by molar-refractivity contribution is -0.137. The van der Waals surface area contributed by atoms with E-state index in [2.05, 4.69) is 34.5 Å². The number of hydrogen-bond acceptors (Lipinski definition) is 4. The molecule has 2 aliphatic rings. The monoisotopic (exact) mass is 420 g/mol. The summed E-state index contributed by atoms with van der Waals surface area (Å²) in [5.74, 6) is 1.07. The van der Waals surface area contributed by atoms with Gasteiger partial charge in [0.15, 0.2) is 5.96 Å². The van der Waals surface area contributed by atoms with E-state index in [0.29, 0.717) is 24.6 Å². The zero-order valence-electron chi connectivity index (χ0n) is 15.9. The molecule has 0 bridgehead atoms. The molecule has 3 atom stereocenters. The summed E-state index contributed by atoms with van der Waals surface area (Å²) in [5, 5.41) is 6.39. The van der Waals surface area contributed by atoms with Crippen LogP contribution in [0.1, 0.15) is 25.8 Å². The van der Waals surface area contributed by atoms with Gasteiger partial charge < -0.3 is 20.1 Å². The Hall–Kier alpha value is -1.74. The Morgan fingerprint density at radius 1 is 1.46 bits per heavy atom. The number of aliphatic imine (C=N–C) groups is 1. The molecule has 1 saturated heterocycles. The molecule has 0 amide bonds. The molecular formula is C18H24ClF3N4O2. The highest BCUT2D eigenvalue weighted by atomic mass is 35.5. The molecule has 1 aromatic rings. The molecule has 2 N–H and O–H groups in total. The summed E-state index contributed by atoms with van der Waals surface area (Å²) in [7, 11) is 1.68. The van der Waals surface area contributed by atoms with Crippen molar-refractivity contribution in [3.05, 3.63) is 22.8 Å². The molecular weight excluding hydrogens is 397 g/mol. The molecule has 156 valence electrons. The van der Waals surface area contributed by atoms with E-state index in [4.69, 9.17) is 21.1 Å². The molecule has 3 rings (SSSR count). The number of alkyl halides is 3. The summed E-state index contributed by atoms with van der Waals surface area (Å²) in [4.78, 5) is 7.87. The quantitative estimate of drug-likeness (QED) is 0.435. The first-order valence-electron chi connectivity index (χ1n) is 9.09. The van der Waals surface area contributed by atoms with E-state index in [1.807, 2.05) is 0 Å². The number of nitrogens with one attached hydrogen (secondary N) is 2. The van der Waals surface area contributed by atoms with E-state index in [1.165, 1.54) is 0 Å². The van der Waals surface area contributed by atoms with Crippen LogP contribution in [-0.2, 0) is 10.9 Å². The third-order valence-electron chi connectivity index (χ3n) is 5.38. The highest BCUT2D eigenvalue weighted by Crippen LogP contribution is 2.52. The maximum absolute atomic E-state index is 12.6. The normalized spacial score (nSPS) is 26.4. The Kier molecular flexibility index (Phi) is 5.95. The fourth-order valence-corrected chi connectivity index (χ4v) is 4.18.